The van der Waals surface area contributed by atoms with E-state index in [1.807, 2.05) is 13.8 Å². The predicted octanol–water partition coefficient (Wildman–Crippen LogP) is 0.0239. The van der Waals surface area contributed by atoms with Crippen LogP contribution in [0, 0.1) is 0 Å². The summed E-state index contributed by atoms with van der Waals surface area (Å²) in [6.07, 6.45) is 3.28. The molecule has 0 radical (unpaired) electrons. The van der Waals surface area contributed by atoms with E-state index in [0.29, 0.717) is 19.1 Å². The second-order valence-corrected chi connectivity index (χ2v) is 3.39. The van der Waals surface area contributed by atoms with Crippen LogP contribution in [0.3, 0.4) is 0 Å². The van der Waals surface area contributed by atoms with Crippen molar-refractivity contribution in [3.63, 3.8) is 0 Å². The van der Waals surface area contributed by atoms with Gasteiger partial charge in [0.05, 0.1) is 25.1 Å². The third kappa shape index (κ3) is 4.04. The van der Waals surface area contributed by atoms with Gasteiger partial charge in [-0.25, -0.2) is 4.98 Å². The molecule has 0 saturated carbocycles. The normalized spacial score (nSPS) is 10.5. The lowest BCUT2D eigenvalue weighted by Crippen LogP contribution is -2.36. The molecule has 0 atom stereocenters. The number of aromatic amines is 1. The summed E-state index contributed by atoms with van der Waals surface area (Å²) in [5, 5.41) is 5.81. The van der Waals surface area contributed by atoms with E-state index >= 15 is 0 Å². The Morgan fingerprint density at radius 2 is 2.43 bits per heavy atom. The highest BCUT2D eigenvalue weighted by atomic mass is 16.1. The minimum atomic E-state index is -0.00620. The van der Waals surface area contributed by atoms with Crippen LogP contribution >= 0.6 is 0 Å². The van der Waals surface area contributed by atoms with Crippen LogP contribution in [0.4, 0.5) is 0 Å². The van der Waals surface area contributed by atoms with Crippen LogP contribution in [-0.4, -0.2) is 28.5 Å². The summed E-state index contributed by atoms with van der Waals surface area (Å²) in [5.74, 6) is -0.00620. The van der Waals surface area contributed by atoms with Crippen LogP contribution in [0.1, 0.15) is 19.5 Å². The molecule has 0 fully saturated rings. The Kier molecular flexibility index (Phi) is 4.12. The second-order valence-electron chi connectivity index (χ2n) is 3.39. The van der Waals surface area contributed by atoms with E-state index in [-0.39, 0.29) is 5.91 Å². The molecule has 0 aliphatic rings. The third-order valence-electron chi connectivity index (χ3n) is 1.70. The fourth-order valence-electron chi connectivity index (χ4n) is 0.934. The highest BCUT2D eigenvalue weighted by Gasteiger charge is 2.01. The van der Waals surface area contributed by atoms with E-state index in [4.69, 9.17) is 0 Å². The van der Waals surface area contributed by atoms with Crippen molar-refractivity contribution in [1.29, 1.82) is 0 Å². The largest absolute Gasteiger partial charge is 0.349 e. The summed E-state index contributed by atoms with van der Waals surface area (Å²) < 4.78 is 0. The second kappa shape index (κ2) is 5.39. The van der Waals surface area contributed by atoms with Gasteiger partial charge in [-0.1, -0.05) is 13.8 Å². The number of hydrogen-bond acceptors (Lipinski definition) is 3. The van der Waals surface area contributed by atoms with Gasteiger partial charge in [0.1, 0.15) is 0 Å². The number of rotatable bonds is 5. The van der Waals surface area contributed by atoms with E-state index in [0.717, 1.165) is 5.69 Å². The standard InChI is InChI=1S/C9H16N4O/c1-7(2)11-5-9(14)12-4-8-3-10-6-13-8/h3,6-7,11H,4-5H2,1-2H3,(H,10,13)(H,12,14). The molecule has 3 N–H and O–H groups in total. The lowest BCUT2D eigenvalue weighted by atomic mass is 10.4. The van der Waals surface area contributed by atoms with E-state index in [9.17, 15) is 4.79 Å². The average Bonchev–Trinajstić information content (AvgIpc) is 2.63. The SMILES string of the molecule is CC(C)NCC(=O)NCc1cnc[nH]1. The Labute approximate surface area is 83.3 Å². The van der Waals surface area contributed by atoms with Crippen molar-refractivity contribution in [3.8, 4) is 0 Å². The summed E-state index contributed by atoms with van der Waals surface area (Å²) >= 11 is 0. The minimum absolute atomic E-state index is 0.00620. The first-order valence-electron chi connectivity index (χ1n) is 4.66. The van der Waals surface area contributed by atoms with Crippen molar-refractivity contribution in [1.82, 2.24) is 20.6 Å². The van der Waals surface area contributed by atoms with Gasteiger partial charge in [0.25, 0.3) is 0 Å². The number of nitrogens with one attached hydrogen (secondary N) is 3. The van der Waals surface area contributed by atoms with E-state index in [1.165, 1.54) is 0 Å². The minimum Gasteiger partial charge on any atom is -0.349 e. The molecule has 0 spiro atoms. The summed E-state index contributed by atoms with van der Waals surface area (Å²) in [7, 11) is 0. The molecule has 0 aliphatic heterocycles. The van der Waals surface area contributed by atoms with E-state index < -0.39 is 0 Å². The molecule has 78 valence electrons. The van der Waals surface area contributed by atoms with Gasteiger partial charge in [-0.05, 0) is 0 Å². The van der Waals surface area contributed by atoms with Gasteiger partial charge in [0.15, 0.2) is 0 Å². The maximum atomic E-state index is 11.2. The first kappa shape index (κ1) is 10.7. The topological polar surface area (TPSA) is 69.8 Å². The third-order valence-corrected chi connectivity index (χ3v) is 1.70. The molecular formula is C9H16N4O. The molecule has 1 aromatic rings. The number of amides is 1. The lowest BCUT2D eigenvalue weighted by Gasteiger charge is -2.07. The zero-order chi connectivity index (χ0) is 10.4. The van der Waals surface area contributed by atoms with Gasteiger partial charge in [0, 0.05) is 12.2 Å². The molecule has 0 aliphatic carbocycles. The Hall–Kier alpha value is -1.36. The van der Waals surface area contributed by atoms with Crippen molar-refractivity contribution in [2.75, 3.05) is 6.54 Å². The van der Waals surface area contributed by atoms with E-state index in [1.54, 1.807) is 12.5 Å². The Bertz CT molecular complexity index is 268. The Balaban J connectivity index is 2.15. The number of H-pyrrole nitrogens is 1. The average molecular weight is 196 g/mol. The van der Waals surface area contributed by atoms with Crippen LogP contribution in [0.5, 0.6) is 0 Å². The Morgan fingerprint density at radius 1 is 1.64 bits per heavy atom. The van der Waals surface area contributed by atoms with Gasteiger partial charge in [-0.3, -0.25) is 4.79 Å². The number of hydrogen-bond donors (Lipinski definition) is 3. The molecule has 14 heavy (non-hydrogen) atoms. The quantitative estimate of drug-likeness (QED) is 0.622. The first-order chi connectivity index (χ1) is 6.68. The van der Waals surface area contributed by atoms with Gasteiger partial charge in [-0.15, -0.1) is 0 Å². The monoisotopic (exact) mass is 196 g/mol. The summed E-state index contributed by atoms with van der Waals surface area (Å²) in [6.45, 7) is 4.86. The van der Waals surface area contributed by atoms with Crippen LogP contribution in [0.2, 0.25) is 0 Å². The summed E-state index contributed by atoms with van der Waals surface area (Å²) in [4.78, 5) is 18.0. The van der Waals surface area contributed by atoms with Gasteiger partial charge in [0.2, 0.25) is 5.91 Å². The number of aromatic nitrogens is 2. The van der Waals surface area contributed by atoms with Gasteiger partial charge in [-0.2, -0.15) is 0 Å². The number of carbonyl (C=O) groups excluding carboxylic acids is 1. The first-order valence-corrected chi connectivity index (χ1v) is 4.66. The predicted molar refractivity (Wildman–Crippen MR) is 53.6 cm³/mol. The highest BCUT2D eigenvalue weighted by Crippen LogP contribution is 1.88. The molecule has 0 saturated heterocycles. The molecule has 5 nitrogen and oxygen atoms in total. The van der Waals surface area contributed by atoms with Crippen LogP contribution < -0.4 is 10.6 Å². The fourth-order valence-corrected chi connectivity index (χ4v) is 0.934. The molecule has 0 aromatic carbocycles. The maximum Gasteiger partial charge on any atom is 0.234 e. The smallest absolute Gasteiger partial charge is 0.234 e. The number of nitrogens with zero attached hydrogens (tertiary/aromatic N) is 1. The fraction of sp³-hybridized carbons (Fsp3) is 0.556. The zero-order valence-electron chi connectivity index (χ0n) is 8.50. The molecule has 1 amide bonds. The van der Waals surface area contributed by atoms with E-state index in [2.05, 4.69) is 20.6 Å². The van der Waals surface area contributed by atoms with Crippen LogP contribution in [0.25, 0.3) is 0 Å². The molecule has 0 unspecified atom stereocenters. The van der Waals surface area contributed by atoms with Crippen molar-refractivity contribution in [2.45, 2.75) is 26.4 Å². The van der Waals surface area contributed by atoms with Crippen LogP contribution in [0.15, 0.2) is 12.5 Å². The molecule has 1 heterocycles. The molecule has 0 bridgehead atoms. The van der Waals surface area contributed by atoms with Gasteiger partial charge < -0.3 is 15.6 Å². The molecule has 1 aromatic heterocycles. The van der Waals surface area contributed by atoms with Gasteiger partial charge >= 0.3 is 0 Å². The maximum absolute atomic E-state index is 11.2. The zero-order valence-corrected chi connectivity index (χ0v) is 8.50. The lowest BCUT2D eigenvalue weighted by molar-refractivity contribution is -0.120. The highest BCUT2D eigenvalue weighted by molar-refractivity contribution is 5.77. The number of imidazole rings is 1. The van der Waals surface area contributed by atoms with Crippen molar-refractivity contribution >= 4 is 5.91 Å². The summed E-state index contributed by atoms with van der Waals surface area (Å²) in [6, 6.07) is 0.327. The van der Waals surface area contributed by atoms with Crippen LogP contribution in [-0.2, 0) is 11.3 Å². The number of carbonyl (C=O) groups is 1. The van der Waals surface area contributed by atoms with Crippen molar-refractivity contribution < 1.29 is 4.79 Å². The molecule has 1 rings (SSSR count). The van der Waals surface area contributed by atoms with Crippen molar-refractivity contribution in [2.24, 2.45) is 0 Å². The summed E-state index contributed by atoms with van der Waals surface area (Å²) in [5.41, 5.74) is 0.905. The molecular weight excluding hydrogens is 180 g/mol. The molecule has 5 heteroatoms. The van der Waals surface area contributed by atoms with Crippen molar-refractivity contribution in [3.05, 3.63) is 18.2 Å². The Morgan fingerprint density at radius 3 is 3.00 bits per heavy atom.